The van der Waals surface area contributed by atoms with Crippen molar-refractivity contribution >= 4 is 0 Å². The second-order valence-corrected chi connectivity index (χ2v) is 3.72. The van der Waals surface area contributed by atoms with E-state index in [0.29, 0.717) is 5.92 Å². The highest BCUT2D eigenvalue weighted by molar-refractivity contribution is 5.20. The van der Waals surface area contributed by atoms with Gasteiger partial charge in [0.05, 0.1) is 11.5 Å². The Morgan fingerprint density at radius 3 is 2.70 bits per heavy atom. The summed E-state index contributed by atoms with van der Waals surface area (Å²) in [5, 5.41) is 8.86. The summed E-state index contributed by atoms with van der Waals surface area (Å²) in [6, 6.07) is 2.42. The maximum Gasteiger partial charge on any atom is 0.0693 e. The lowest BCUT2D eigenvalue weighted by atomic mass is 9.79. The maximum atomic E-state index is 8.86. The Labute approximate surface area is 61.4 Å². The van der Waals surface area contributed by atoms with E-state index >= 15 is 0 Å². The molecule has 52 valence electrons. The molecule has 1 heteroatoms. The van der Waals surface area contributed by atoms with Crippen molar-refractivity contribution in [2.24, 2.45) is 17.3 Å². The quantitative estimate of drug-likeness (QED) is 0.464. The van der Waals surface area contributed by atoms with E-state index in [9.17, 15) is 0 Å². The van der Waals surface area contributed by atoms with Crippen LogP contribution in [0.3, 0.4) is 0 Å². The summed E-state index contributed by atoms with van der Waals surface area (Å²) >= 11 is 0. The van der Waals surface area contributed by atoms with Gasteiger partial charge in [-0.25, -0.2) is 0 Å². The van der Waals surface area contributed by atoms with Crippen molar-refractivity contribution in [1.29, 1.82) is 5.26 Å². The molecule has 0 amide bonds. The summed E-state index contributed by atoms with van der Waals surface area (Å²) < 4.78 is 0. The summed E-state index contributed by atoms with van der Waals surface area (Å²) in [5.41, 5.74) is -0.0284. The van der Waals surface area contributed by atoms with Crippen LogP contribution >= 0.6 is 0 Å². The molecule has 0 unspecified atom stereocenters. The molecule has 1 saturated carbocycles. The molecule has 0 aromatic rings. The van der Waals surface area contributed by atoms with Crippen molar-refractivity contribution in [1.82, 2.24) is 0 Å². The second kappa shape index (κ2) is 1.63. The van der Waals surface area contributed by atoms with Gasteiger partial charge in [0.25, 0.3) is 0 Å². The van der Waals surface area contributed by atoms with E-state index in [1.807, 2.05) is 0 Å². The first-order valence-corrected chi connectivity index (χ1v) is 3.84. The normalized spacial score (nSPS) is 49.6. The van der Waals surface area contributed by atoms with Crippen molar-refractivity contribution in [3.05, 3.63) is 12.2 Å². The molecule has 0 spiro atoms. The zero-order valence-electron chi connectivity index (χ0n) is 6.17. The van der Waals surface area contributed by atoms with E-state index in [2.05, 4.69) is 25.1 Å². The number of nitrogens with zero attached hydrogens (tertiary/aromatic N) is 1. The lowest BCUT2D eigenvalue weighted by Gasteiger charge is -2.22. The van der Waals surface area contributed by atoms with Gasteiger partial charge in [0.1, 0.15) is 0 Å². The third-order valence-corrected chi connectivity index (χ3v) is 2.93. The summed E-state index contributed by atoms with van der Waals surface area (Å²) in [4.78, 5) is 0. The molecule has 0 heterocycles. The van der Waals surface area contributed by atoms with Crippen LogP contribution in [0.1, 0.15) is 19.8 Å². The highest BCUT2D eigenvalue weighted by Gasteiger charge is 2.45. The average molecular weight is 133 g/mol. The fourth-order valence-electron chi connectivity index (χ4n) is 2.22. The third-order valence-electron chi connectivity index (χ3n) is 2.93. The predicted molar refractivity (Wildman–Crippen MR) is 39.1 cm³/mol. The predicted octanol–water partition coefficient (Wildman–Crippen LogP) is 2.11. The minimum Gasteiger partial charge on any atom is -0.198 e. The first-order valence-electron chi connectivity index (χ1n) is 3.84. The van der Waals surface area contributed by atoms with E-state index in [1.54, 1.807) is 0 Å². The first kappa shape index (κ1) is 5.97. The Kier molecular flexibility index (Phi) is 0.976. The number of rotatable bonds is 0. The summed E-state index contributed by atoms with van der Waals surface area (Å²) in [6.45, 7) is 2.08. The molecule has 2 aliphatic carbocycles. The van der Waals surface area contributed by atoms with Crippen molar-refractivity contribution < 1.29 is 0 Å². The van der Waals surface area contributed by atoms with Crippen LogP contribution in [0.15, 0.2) is 12.2 Å². The standard InChI is InChI=1S/C9H11N/c1-9(6-10)5-7-2-3-8(9)4-7/h2-3,7-8H,4-5H2,1H3/t7-,8+,9-/m1/s1. The molecule has 0 aromatic carbocycles. The summed E-state index contributed by atoms with van der Waals surface area (Å²) in [6.07, 6.45) is 6.80. The molecule has 0 radical (unpaired) electrons. The maximum absolute atomic E-state index is 8.86. The van der Waals surface area contributed by atoms with E-state index in [-0.39, 0.29) is 5.41 Å². The van der Waals surface area contributed by atoms with Crippen LogP contribution in [0.25, 0.3) is 0 Å². The van der Waals surface area contributed by atoms with Crippen LogP contribution in [-0.2, 0) is 0 Å². The molecule has 0 N–H and O–H groups in total. The minimum absolute atomic E-state index is 0.0284. The topological polar surface area (TPSA) is 23.8 Å². The van der Waals surface area contributed by atoms with Crippen molar-refractivity contribution in [3.63, 3.8) is 0 Å². The van der Waals surface area contributed by atoms with E-state index in [0.717, 1.165) is 12.3 Å². The molecular weight excluding hydrogens is 122 g/mol. The largest absolute Gasteiger partial charge is 0.198 e. The number of hydrogen-bond donors (Lipinski definition) is 0. The Morgan fingerprint density at radius 2 is 2.40 bits per heavy atom. The van der Waals surface area contributed by atoms with E-state index < -0.39 is 0 Å². The number of allylic oxidation sites excluding steroid dienone is 2. The zero-order valence-corrected chi connectivity index (χ0v) is 6.17. The van der Waals surface area contributed by atoms with Gasteiger partial charge in [0.2, 0.25) is 0 Å². The number of hydrogen-bond acceptors (Lipinski definition) is 1. The molecule has 3 atom stereocenters. The molecule has 2 rings (SSSR count). The lowest BCUT2D eigenvalue weighted by Crippen LogP contribution is -2.18. The van der Waals surface area contributed by atoms with Crippen LogP contribution in [0, 0.1) is 28.6 Å². The Morgan fingerprint density at radius 1 is 1.60 bits per heavy atom. The molecule has 10 heavy (non-hydrogen) atoms. The highest BCUT2D eigenvalue weighted by atomic mass is 14.5. The Hall–Kier alpha value is -0.770. The molecule has 1 nitrogen and oxygen atoms in total. The van der Waals surface area contributed by atoms with Gasteiger partial charge < -0.3 is 0 Å². The van der Waals surface area contributed by atoms with Crippen molar-refractivity contribution in [2.75, 3.05) is 0 Å². The molecule has 1 fully saturated rings. The Bertz CT molecular complexity index is 223. The minimum atomic E-state index is -0.0284. The van der Waals surface area contributed by atoms with Crippen LogP contribution in [0.5, 0.6) is 0 Å². The molecule has 0 aromatic heterocycles. The van der Waals surface area contributed by atoms with Gasteiger partial charge in [-0.3, -0.25) is 0 Å². The molecule has 0 saturated heterocycles. The van der Waals surface area contributed by atoms with Gasteiger partial charge in [0.15, 0.2) is 0 Å². The molecule has 2 aliphatic rings. The van der Waals surface area contributed by atoms with E-state index in [1.165, 1.54) is 6.42 Å². The second-order valence-electron chi connectivity index (χ2n) is 3.72. The smallest absolute Gasteiger partial charge is 0.0693 e. The van der Waals surface area contributed by atoms with Gasteiger partial charge in [0, 0.05) is 0 Å². The number of fused-ring (bicyclic) bond motifs is 2. The lowest BCUT2D eigenvalue weighted by molar-refractivity contribution is 0.367. The van der Waals surface area contributed by atoms with Crippen LogP contribution < -0.4 is 0 Å². The van der Waals surface area contributed by atoms with Crippen molar-refractivity contribution in [3.8, 4) is 6.07 Å². The fourth-order valence-corrected chi connectivity index (χ4v) is 2.22. The average Bonchev–Trinajstić information content (AvgIpc) is 2.46. The highest BCUT2D eigenvalue weighted by Crippen LogP contribution is 2.51. The van der Waals surface area contributed by atoms with Gasteiger partial charge in [-0.15, -0.1) is 0 Å². The SMILES string of the molecule is C[C@]1(C#N)C[C@@H]2C=C[C@H]1C2. The molecule has 0 aliphatic heterocycles. The number of nitriles is 1. The van der Waals surface area contributed by atoms with Crippen molar-refractivity contribution in [2.45, 2.75) is 19.8 Å². The first-order chi connectivity index (χ1) is 4.74. The van der Waals surface area contributed by atoms with E-state index in [4.69, 9.17) is 5.26 Å². The monoisotopic (exact) mass is 133 g/mol. The summed E-state index contributed by atoms with van der Waals surface area (Å²) in [5.74, 6) is 1.28. The van der Waals surface area contributed by atoms with Gasteiger partial charge in [-0.1, -0.05) is 12.2 Å². The van der Waals surface area contributed by atoms with Gasteiger partial charge in [-0.05, 0) is 31.6 Å². The Balaban J connectivity index is 2.33. The van der Waals surface area contributed by atoms with Crippen LogP contribution in [-0.4, -0.2) is 0 Å². The third kappa shape index (κ3) is 0.568. The van der Waals surface area contributed by atoms with Crippen LogP contribution in [0.4, 0.5) is 0 Å². The van der Waals surface area contributed by atoms with Gasteiger partial charge >= 0.3 is 0 Å². The van der Waals surface area contributed by atoms with Crippen LogP contribution in [0.2, 0.25) is 0 Å². The fraction of sp³-hybridized carbons (Fsp3) is 0.667. The zero-order chi connectivity index (χ0) is 7.19. The summed E-state index contributed by atoms with van der Waals surface area (Å²) in [7, 11) is 0. The molecular formula is C9H11N. The van der Waals surface area contributed by atoms with Gasteiger partial charge in [-0.2, -0.15) is 5.26 Å². The molecule has 2 bridgehead atoms.